The zero-order valence-corrected chi connectivity index (χ0v) is 17.7. The van der Waals surface area contributed by atoms with E-state index in [-0.39, 0.29) is 35.9 Å². The van der Waals surface area contributed by atoms with Crippen LogP contribution in [0.25, 0.3) is 0 Å². The van der Waals surface area contributed by atoms with Crippen LogP contribution in [0.4, 0.5) is 4.39 Å². The lowest BCUT2D eigenvalue weighted by Gasteiger charge is -2.18. The molecule has 1 atom stereocenters. The first-order valence-electron chi connectivity index (χ1n) is 7.76. The van der Waals surface area contributed by atoms with Gasteiger partial charge in [-0.2, -0.15) is 0 Å². The number of guanidine groups is 1. The first-order chi connectivity index (χ1) is 11.6. The van der Waals surface area contributed by atoms with E-state index >= 15 is 0 Å². The maximum atomic E-state index is 13.0. The molecule has 0 bridgehead atoms. The van der Waals surface area contributed by atoms with E-state index in [0.717, 1.165) is 23.5 Å². The van der Waals surface area contributed by atoms with E-state index in [0.29, 0.717) is 12.5 Å². The highest BCUT2D eigenvalue weighted by molar-refractivity contribution is 14.0. The van der Waals surface area contributed by atoms with Gasteiger partial charge in [-0.25, -0.2) is 9.37 Å². The van der Waals surface area contributed by atoms with Gasteiger partial charge in [0.15, 0.2) is 5.96 Å². The fraction of sp³-hybridized carbons (Fsp3) is 0.412. The number of rotatable bonds is 7. The summed E-state index contributed by atoms with van der Waals surface area (Å²) in [6.07, 6.45) is 2.56. The van der Waals surface area contributed by atoms with Crippen molar-refractivity contribution in [2.45, 2.75) is 19.4 Å². The Bertz CT molecular complexity index is 663. The predicted molar refractivity (Wildman–Crippen MR) is 111 cm³/mol. The molecule has 1 aromatic heterocycles. The van der Waals surface area contributed by atoms with Crippen molar-refractivity contribution in [2.24, 2.45) is 4.99 Å². The van der Waals surface area contributed by atoms with Crippen molar-refractivity contribution in [3.63, 3.8) is 0 Å². The van der Waals surface area contributed by atoms with Crippen LogP contribution in [-0.4, -0.2) is 38.2 Å². The number of benzene rings is 1. The van der Waals surface area contributed by atoms with Gasteiger partial charge in [-0.05, 0) is 24.6 Å². The highest BCUT2D eigenvalue weighted by Gasteiger charge is 2.11. The van der Waals surface area contributed by atoms with E-state index in [1.807, 2.05) is 6.20 Å². The molecule has 0 amide bonds. The third kappa shape index (κ3) is 7.25. The number of aliphatic imine (C=N–C) groups is 1. The average molecular weight is 478 g/mol. The number of aryl methyl sites for hydroxylation is 1. The Hall–Kier alpha value is -1.26. The number of aromatic nitrogens is 1. The number of nitrogens with one attached hydrogen (secondary N) is 2. The van der Waals surface area contributed by atoms with Crippen LogP contribution in [0.2, 0.25) is 0 Å². The van der Waals surface area contributed by atoms with Crippen molar-refractivity contribution in [1.82, 2.24) is 15.6 Å². The van der Waals surface area contributed by atoms with Crippen molar-refractivity contribution in [3.05, 3.63) is 51.7 Å². The summed E-state index contributed by atoms with van der Waals surface area (Å²) >= 11 is 1.71. The molecule has 0 saturated heterocycles. The van der Waals surface area contributed by atoms with Gasteiger partial charge in [0, 0.05) is 44.7 Å². The average Bonchev–Trinajstić information content (AvgIpc) is 3.00. The Morgan fingerprint density at radius 2 is 2.04 bits per heavy atom. The highest BCUT2D eigenvalue weighted by atomic mass is 127. The van der Waals surface area contributed by atoms with Gasteiger partial charge in [-0.3, -0.25) is 4.99 Å². The van der Waals surface area contributed by atoms with Crippen molar-refractivity contribution in [1.29, 1.82) is 0 Å². The largest absolute Gasteiger partial charge is 0.375 e. The van der Waals surface area contributed by atoms with Gasteiger partial charge in [-0.15, -0.1) is 35.3 Å². The number of ether oxygens (including phenoxy) is 1. The van der Waals surface area contributed by atoms with E-state index in [1.54, 1.807) is 37.6 Å². The number of hydrogen-bond donors (Lipinski definition) is 2. The van der Waals surface area contributed by atoms with Crippen LogP contribution in [0, 0.1) is 12.7 Å². The molecule has 1 heterocycles. The van der Waals surface area contributed by atoms with Crippen LogP contribution in [0.1, 0.15) is 21.6 Å². The molecule has 1 unspecified atom stereocenters. The summed E-state index contributed by atoms with van der Waals surface area (Å²) in [6.45, 7) is 3.34. The van der Waals surface area contributed by atoms with E-state index in [4.69, 9.17) is 4.74 Å². The third-order valence-corrected chi connectivity index (χ3v) is 4.48. The normalized spacial score (nSPS) is 12.4. The quantitative estimate of drug-likeness (QED) is 0.365. The standard InChI is InChI=1S/C17H23FN4OS.HI/c1-12-10-21-16(24-12)8-9-20-17(19-2)22-11-15(23-3)13-4-6-14(18)7-5-13;/h4-7,10,15H,8-9,11H2,1-3H3,(H2,19,20,22);1H. The summed E-state index contributed by atoms with van der Waals surface area (Å²) in [5.74, 6) is 0.448. The Labute approximate surface area is 169 Å². The molecule has 8 heteroatoms. The van der Waals surface area contributed by atoms with Crippen LogP contribution in [0.3, 0.4) is 0 Å². The zero-order chi connectivity index (χ0) is 17.4. The lowest BCUT2D eigenvalue weighted by atomic mass is 10.1. The smallest absolute Gasteiger partial charge is 0.191 e. The molecule has 0 aliphatic rings. The number of nitrogens with zero attached hydrogens (tertiary/aromatic N) is 2. The molecule has 2 N–H and O–H groups in total. The van der Waals surface area contributed by atoms with E-state index in [9.17, 15) is 4.39 Å². The van der Waals surface area contributed by atoms with Crippen LogP contribution in [0.15, 0.2) is 35.5 Å². The first kappa shape index (κ1) is 21.8. The topological polar surface area (TPSA) is 58.5 Å². The van der Waals surface area contributed by atoms with Crippen molar-refractivity contribution < 1.29 is 9.13 Å². The van der Waals surface area contributed by atoms with Gasteiger partial charge < -0.3 is 15.4 Å². The summed E-state index contributed by atoms with van der Waals surface area (Å²) in [6, 6.07) is 6.33. The second-order valence-corrected chi connectivity index (χ2v) is 6.59. The Morgan fingerprint density at radius 3 is 2.60 bits per heavy atom. The predicted octanol–water partition coefficient (Wildman–Crippen LogP) is 3.30. The van der Waals surface area contributed by atoms with Crippen molar-refractivity contribution in [2.75, 3.05) is 27.2 Å². The zero-order valence-electron chi connectivity index (χ0n) is 14.6. The monoisotopic (exact) mass is 478 g/mol. The molecule has 2 aromatic rings. The summed E-state index contributed by atoms with van der Waals surface area (Å²) in [7, 11) is 3.36. The first-order valence-corrected chi connectivity index (χ1v) is 8.58. The number of methoxy groups -OCH3 is 1. The van der Waals surface area contributed by atoms with Crippen molar-refractivity contribution >= 4 is 41.3 Å². The molecule has 0 radical (unpaired) electrons. The van der Waals surface area contributed by atoms with Gasteiger partial charge in [0.2, 0.25) is 0 Å². The molecule has 0 spiro atoms. The molecule has 0 saturated carbocycles. The van der Waals surface area contributed by atoms with E-state index in [2.05, 4.69) is 27.5 Å². The maximum Gasteiger partial charge on any atom is 0.191 e. The van der Waals surface area contributed by atoms with Gasteiger partial charge in [0.1, 0.15) is 5.82 Å². The second kappa shape index (κ2) is 11.4. The molecule has 0 aliphatic heterocycles. The lowest BCUT2D eigenvalue weighted by molar-refractivity contribution is 0.106. The maximum absolute atomic E-state index is 13.0. The highest BCUT2D eigenvalue weighted by Crippen LogP contribution is 2.16. The molecule has 5 nitrogen and oxygen atoms in total. The van der Waals surface area contributed by atoms with Crippen LogP contribution in [0.5, 0.6) is 0 Å². The fourth-order valence-corrected chi connectivity index (χ4v) is 3.02. The van der Waals surface area contributed by atoms with E-state index < -0.39 is 0 Å². The molecule has 2 rings (SSSR count). The van der Waals surface area contributed by atoms with Crippen LogP contribution in [-0.2, 0) is 11.2 Å². The van der Waals surface area contributed by atoms with E-state index in [1.165, 1.54) is 17.0 Å². The minimum absolute atomic E-state index is 0. The molecule has 1 aromatic carbocycles. The van der Waals surface area contributed by atoms with Crippen LogP contribution >= 0.6 is 35.3 Å². The van der Waals surface area contributed by atoms with Crippen molar-refractivity contribution in [3.8, 4) is 0 Å². The minimum Gasteiger partial charge on any atom is -0.375 e. The Balaban J connectivity index is 0.00000312. The summed E-state index contributed by atoms with van der Waals surface area (Å²) in [4.78, 5) is 9.76. The molecule has 0 fully saturated rings. The van der Waals surface area contributed by atoms with Gasteiger partial charge in [0.05, 0.1) is 11.1 Å². The summed E-state index contributed by atoms with van der Waals surface area (Å²) in [5, 5.41) is 7.59. The number of thiazole rings is 1. The van der Waals surface area contributed by atoms with Gasteiger partial charge in [-0.1, -0.05) is 12.1 Å². The number of halogens is 2. The molecular weight excluding hydrogens is 454 g/mol. The Morgan fingerprint density at radius 1 is 1.32 bits per heavy atom. The SMILES string of the molecule is CN=C(NCCc1ncc(C)s1)NCC(OC)c1ccc(F)cc1.I. The van der Waals surface area contributed by atoms with Gasteiger partial charge in [0.25, 0.3) is 0 Å². The molecule has 25 heavy (non-hydrogen) atoms. The molecule has 0 aliphatic carbocycles. The lowest BCUT2D eigenvalue weighted by Crippen LogP contribution is -2.40. The minimum atomic E-state index is -0.253. The fourth-order valence-electron chi connectivity index (χ4n) is 2.23. The number of hydrogen-bond acceptors (Lipinski definition) is 4. The molecule has 138 valence electrons. The summed E-state index contributed by atoms with van der Waals surface area (Å²) in [5.41, 5.74) is 0.917. The van der Waals surface area contributed by atoms with Crippen LogP contribution < -0.4 is 10.6 Å². The molecular formula is C17H24FIN4OS. The van der Waals surface area contributed by atoms with Gasteiger partial charge >= 0.3 is 0 Å². The summed E-state index contributed by atoms with van der Waals surface area (Å²) < 4.78 is 18.5. The third-order valence-electron chi connectivity index (χ3n) is 3.51. The Kier molecular flexibility index (Phi) is 9.91. The second-order valence-electron chi connectivity index (χ2n) is 5.27.